The third-order valence-corrected chi connectivity index (χ3v) is 5.46. The number of allylic oxidation sites excluding steroid dienone is 4. The molecular formula is C26H33N5. The second-order valence-corrected chi connectivity index (χ2v) is 8.34. The first kappa shape index (κ1) is 22.5. The number of anilines is 1. The number of hydrogen-bond acceptors (Lipinski definition) is 5. The van der Waals surface area contributed by atoms with Crippen molar-refractivity contribution in [1.29, 1.82) is 0 Å². The van der Waals surface area contributed by atoms with Crippen LogP contribution in [-0.4, -0.2) is 48.3 Å². The van der Waals surface area contributed by atoms with Crippen molar-refractivity contribution < 1.29 is 0 Å². The standard InChI is InChI=1S/C26H33N5/c1-7-19(15-27-4)24-16-28-25(30-26(24)29-23-12-18(3)13-23)22-11-9-10-21(14-22)20(8-2)17-31(5)6/h7-11,14-18,23H,2,12-13H2,1,3-6H3,(H,28,29,30)/b19-7+,20-17+,27-15?. The molecule has 3 rings (SSSR count). The molecule has 0 radical (unpaired) electrons. The number of rotatable bonds is 8. The molecule has 1 heterocycles. The molecule has 5 heteroatoms. The van der Waals surface area contributed by atoms with Crippen LogP contribution in [-0.2, 0) is 0 Å². The quantitative estimate of drug-likeness (QED) is 0.454. The molecule has 0 bridgehead atoms. The summed E-state index contributed by atoms with van der Waals surface area (Å²) in [6.07, 6.45) is 12.1. The highest BCUT2D eigenvalue weighted by Crippen LogP contribution is 2.32. The average molecular weight is 416 g/mol. The third kappa shape index (κ3) is 5.48. The fourth-order valence-corrected chi connectivity index (χ4v) is 3.86. The smallest absolute Gasteiger partial charge is 0.161 e. The van der Waals surface area contributed by atoms with Gasteiger partial charge in [-0.3, -0.25) is 4.99 Å². The van der Waals surface area contributed by atoms with Crippen LogP contribution in [0.25, 0.3) is 22.5 Å². The molecule has 5 nitrogen and oxygen atoms in total. The van der Waals surface area contributed by atoms with Gasteiger partial charge in [-0.1, -0.05) is 43.9 Å². The number of aliphatic imine (C=N–C) groups is 1. The lowest BCUT2D eigenvalue weighted by atomic mass is 9.82. The Bertz CT molecular complexity index is 1010. The van der Waals surface area contributed by atoms with E-state index in [1.54, 1.807) is 7.05 Å². The van der Waals surface area contributed by atoms with Crippen molar-refractivity contribution in [3.63, 3.8) is 0 Å². The molecule has 1 N–H and O–H groups in total. The Morgan fingerprint density at radius 2 is 2.03 bits per heavy atom. The van der Waals surface area contributed by atoms with Crippen molar-refractivity contribution in [3.05, 3.63) is 66.5 Å². The largest absolute Gasteiger partial charge is 0.383 e. The van der Waals surface area contributed by atoms with E-state index < -0.39 is 0 Å². The Morgan fingerprint density at radius 3 is 2.65 bits per heavy atom. The summed E-state index contributed by atoms with van der Waals surface area (Å²) in [5, 5.41) is 3.65. The van der Waals surface area contributed by atoms with Crippen LogP contribution in [0.2, 0.25) is 0 Å². The molecule has 1 fully saturated rings. The van der Waals surface area contributed by atoms with E-state index in [1.165, 1.54) is 12.8 Å². The summed E-state index contributed by atoms with van der Waals surface area (Å²) in [5.74, 6) is 2.34. The summed E-state index contributed by atoms with van der Waals surface area (Å²) in [4.78, 5) is 15.9. The fourth-order valence-electron chi connectivity index (χ4n) is 3.86. The molecule has 0 atom stereocenters. The SMILES string of the molecule is C=C/C(=C\N(C)C)c1cccc(-c2ncc(/C(C=NC)=C/C)c(NC3CC(C)C3)n2)c1. The van der Waals surface area contributed by atoms with Crippen LogP contribution in [0, 0.1) is 5.92 Å². The summed E-state index contributed by atoms with van der Waals surface area (Å²) >= 11 is 0. The van der Waals surface area contributed by atoms with E-state index in [-0.39, 0.29) is 0 Å². The molecule has 1 aliphatic carbocycles. The zero-order chi connectivity index (χ0) is 22.4. The monoisotopic (exact) mass is 415 g/mol. The number of benzene rings is 1. The summed E-state index contributed by atoms with van der Waals surface area (Å²) < 4.78 is 0. The Morgan fingerprint density at radius 1 is 1.26 bits per heavy atom. The number of nitrogens with one attached hydrogen (secondary N) is 1. The molecule has 1 aromatic heterocycles. The minimum absolute atomic E-state index is 0.454. The second kappa shape index (κ2) is 10.2. The van der Waals surface area contributed by atoms with Gasteiger partial charge in [-0.15, -0.1) is 0 Å². The number of nitrogens with zero attached hydrogens (tertiary/aromatic N) is 4. The summed E-state index contributed by atoms with van der Waals surface area (Å²) in [7, 11) is 5.79. The maximum absolute atomic E-state index is 4.95. The van der Waals surface area contributed by atoms with Gasteiger partial charge in [0.15, 0.2) is 5.82 Å². The summed E-state index contributed by atoms with van der Waals surface area (Å²) in [6, 6.07) is 8.74. The minimum Gasteiger partial charge on any atom is -0.383 e. The summed E-state index contributed by atoms with van der Waals surface area (Å²) in [6.45, 7) is 8.26. The second-order valence-electron chi connectivity index (χ2n) is 8.34. The first-order valence-corrected chi connectivity index (χ1v) is 10.8. The van der Waals surface area contributed by atoms with Crippen molar-refractivity contribution in [1.82, 2.24) is 14.9 Å². The van der Waals surface area contributed by atoms with E-state index in [2.05, 4.69) is 42.1 Å². The van der Waals surface area contributed by atoms with E-state index in [0.717, 1.165) is 39.6 Å². The number of aromatic nitrogens is 2. The highest BCUT2D eigenvalue weighted by molar-refractivity contribution is 6.11. The van der Waals surface area contributed by atoms with Gasteiger partial charge in [-0.2, -0.15) is 0 Å². The lowest BCUT2D eigenvalue weighted by Crippen LogP contribution is -2.34. The fraction of sp³-hybridized carbons (Fsp3) is 0.346. The van der Waals surface area contributed by atoms with Gasteiger partial charge in [0.2, 0.25) is 0 Å². The Balaban J connectivity index is 2.02. The molecule has 2 aromatic rings. The first-order chi connectivity index (χ1) is 14.9. The lowest BCUT2D eigenvalue weighted by Gasteiger charge is -2.34. The predicted molar refractivity (Wildman–Crippen MR) is 133 cm³/mol. The lowest BCUT2D eigenvalue weighted by molar-refractivity contribution is 0.308. The van der Waals surface area contributed by atoms with Crippen LogP contribution < -0.4 is 5.32 Å². The van der Waals surface area contributed by atoms with E-state index >= 15 is 0 Å². The first-order valence-electron chi connectivity index (χ1n) is 10.8. The normalized spacial score (nSPS) is 19.3. The molecule has 0 amide bonds. The van der Waals surface area contributed by atoms with Crippen LogP contribution in [0.3, 0.4) is 0 Å². The molecule has 1 aromatic carbocycles. The predicted octanol–water partition coefficient (Wildman–Crippen LogP) is 5.55. The van der Waals surface area contributed by atoms with Crippen molar-refractivity contribution >= 4 is 23.2 Å². The third-order valence-electron chi connectivity index (χ3n) is 5.46. The highest BCUT2D eigenvalue weighted by atomic mass is 15.1. The van der Waals surface area contributed by atoms with Crippen LogP contribution in [0.4, 0.5) is 5.82 Å². The Hall–Kier alpha value is -3.21. The van der Waals surface area contributed by atoms with Crippen LogP contribution >= 0.6 is 0 Å². The van der Waals surface area contributed by atoms with Crippen molar-refractivity contribution in [2.24, 2.45) is 10.9 Å². The zero-order valence-electron chi connectivity index (χ0n) is 19.3. The molecule has 1 aliphatic rings. The molecular weight excluding hydrogens is 382 g/mol. The van der Waals surface area contributed by atoms with E-state index in [9.17, 15) is 0 Å². The van der Waals surface area contributed by atoms with Crippen molar-refractivity contribution in [2.75, 3.05) is 26.5 Å². The van der Waals surface area contributed by atoms with E-state index in [1.807, 2.05) is 62.6 Å². The average Bonchev–Trinajstić information content (AvgIpc) is 2.75. The maximum Gasteiger partial charge on any atom is 0.161 e. The van der Waals surface area contributed by atoms with E-state index in [0.29, 0.717) is 11.9 Å². The van der Waals surface area contributed by atoms with Gasteiger partial charge in [-0.25, -0.2) is 9.97 Å². The van der Waals surface area contributed by atoms with Crippen LogP contribution in [0.5, 0.6) is 0 Å². The van der Waals surface area contributed by atoms with Gasteiger partial charge in [0, 0.05) is 62.5 Å². The van der Waals surface area contributed by atoms with Gasteiger partial charge in [-0.05, 0) is 42.9 Å². The minimum atomic E-state index is 0.454. The van der Waals surface area contributed by atoms with E-state index in [4.69, 9.17) is 9.97 Å². The molecule has 162 valence electrons. The molecule has 0 spiro atoms. The summed E-state index contributed by atoms with van der Waals surface area (Å²) in [5.41, 5.74) is 5.11. The molecule has 0 aliphatic heterocycles. The van der Waals surface area contributed by atoms with Gasteiger partial charge < -0.3 is 10.2 Å². The zero-order valence-corrected chi connectivity index (χ0v) is 19.3. The Kier molecular flexibility index (Phi) is 7.40. The van der Waals surface area contributed by atoms with Crippen LogP contribution in [0.15, 0.2) is 60.4 Å². The molecule has 0 unspecified atom stereocenters. The van der Waals surface area contributed by atoms with Gasteiger partial charge in [0.1, 0.15) is 5.82 Å². The molecule has 0 saturated heterocycles. The topological polar surface area (TPSA) is 53.4 Å². The maximum atomic E-state index is 4.95. The highest BCUT2D eigenvalue weighted by Gasteiger charge is 2.26. The van der Waals surface area contributed by atoms with Gasteiger partial charge in [0.25, 0.3) is 0 Å². The van der Waals surface area contributed by atoms with Gasteiger partial charge >= 0.3 is 0 Å². The molecule has 31 heavy (non-hydrogen) atoms. The Labute approximate surface area is 186 Å². The van der Waals surface area contributed by atoms with Crippen molar-refractivity contribution in [3.8, 4) is 11.4 Å². The van der Waals surface area contributed by atoms with Crippen LogP contribution in [0.1, 0.15) is 37.8 Å². The van der Waals surface area contributed by atoms with Crippen molar-refractivity contribution in [2.45, 2.75) is 32.7 Å². The molecule has 1 saturated carbocycles. The number of hydrogen-bond donors (Lipinski definition) is 1. The van der Waals surface area contributed by atoms with Gasteiger partial charge in [0.05, 0.1) is 0 Å².